The van der Waals surface area contributed by atoms with E-state index in [2.05, 4.69) is 25.5 Å². The minimum absolute atomic E-state index is 0.305. The first-order valence-corrected chi connectivity index (χ1v) is 11.9. The van der Waals surface area contributed by atoms with Gasteiger partial charge in [-0.3, -0.25) is 0 Å². The number of aromatic nitrogens is 2. The average molecular weight is 408 g/mol. The molecular formula is C21H35N4O2S+. The molecule has 6 nitrogen and oxygen atoms in total. The fourth-order valence-corrected chi connectivity index (χ4v) is 5.21. The Hall–Kier alpha value is -1.44. The Morgan fingerprint density at radius 1 is 1.21 bits per heavy atom. The zero-order valence-electron chi connectivity index (χ0n) is 17.9. The molecule has 28 heavy (non-hydrogen) atoms. The van der Waals surface area contributed by atoms with E-state index in [0.29, 0.717) is 10.9 Å². The molecule has 1 unspecified atom stereocenters. The first kappa shape index (κ1) is 21.3. The first-order chi connectivity index (χ1) is 13.2. The highest BCUT2D eigenvalue weighted by Crippen LogP contribution is 2.24. The van der Waals surface area contributed by atoms with Gasteiger partial charge in [0.1, 0.15) is 6.54 Å². The van der Waals surface area contributed by atoms with Gasteiger partial charge in [0.2, 0.25) is 10.0 Å². The second kappa shape index (κ2) is 8.51. The van der Waals surface area contributed by atoms with Crippen LogP contribution in [0.15, 0.2) is 23.1 Å². The number of benzene rings is 1. The van der Waals surface area contributed by atoms with E-state index in [-0.39, 0.29) is 0 Å². The van der Waals surface area contributed by atoms with Crippen molar-refractivity contribution in [1.82, 2.24) is 13.9 Å². The lowest BCUT2D eigenvalue weighted by Crippen LogP contribution is -3.12. The van der Waals surface area contributed by atoms with E-state index in [0.717, 1.165) is 42.3 Å². The van der Waals surface area contributed by atoms with Crippen LogP contribution in [0, 0.1) is 5.92 Å². The summed E-state index contributed by atoms with van der Waals surface area (Å²) in [5.74, 6) is 1.91. The van der Waals surface area contributed by atoms with Crippen LogP contribution < -0.4 is 4.90 Å². The Balaban J connectivity index is 1.92. The van der Waals surface area contributed by atoms with Crippen LogP contribution in [0.1, 0.15) is 51.8 Å². The lowest BCUT2D eigenvalue weighted by atomic mass is 9.87. The molecule has 3 rings (SSSR count). The monoisotopic (exact) mass is 407 g/mol. The van der Waals surface area contributed by atoms with Crippen LogP contribution in [0.2, 0.25) is 0 Å². The summed E-state index contributed by atoms with van der Waals surface area (Å²) in [6.07, 6.45) is 6.23. The van der Waals surface area contributed by atoms with Crippen LogP contribution >= 0.6 is 0 Å². The quantitative estimate of drug-likeness (QED) is 0.766. The first-order valence-electron chi connectivity index (χ1n) is 10.5. The van der Waals surface area contributed by atoms with Crippen molar-refractivity contribution in [2.45, 2.75) is 70.0 Å². The molecule has 1 aromatic heterocycles. The summed E-state index contributed by atoms with van der Waals surface area (Å²) in [6.45, 7) is 6.30. The fourth-order valence-electron chi connectivity index (χ4n) is 4.29. The third kappa shape index (κ3) is 4.26. The molecule has 1 atom stereocenters. The predicted octanol–water partition coefficient (Wildman–Crippen LogP) is 2.29. The van der Waals surface area contributed by atoms with Crippen LogP contribution in [0.4, 0.5) is 0 Å². The standard InChI is InChI=1S/C21H34N4O2S/c1-6-13-25-20-12-11-18(28(26,27)23(3)4)14-19(20)22-21(25)15-24(5)17-9-7-16(2)8-10-17/h11-12,14,16-17H,6-10,13,15H2,1-5H3/p+1. The number of fused-ring (bicyclic) bond motifs is 1. The molecule has 0 saturated heterocycles. The van der Waals surface area contributed by atoms with Crippen LogP contribution in [0.3, 0.4) is 0 Å². The minimum Gasteiger partial charge on any atom is -0.329 e. The van der Waals surface area contributed by atoms with Crippen molar-refractivity contribution < 1.29 is 13.3 Å². The second-order valence-corrected chi connectivity index (χ2v) is 10.7. The van der Waals surface area contributed by atoms with Crippen molar-refractivity contribution in [3.63, 3.8) is 0 Å². The number of aryl methyl sites for hydroxylation is 1. The topological polar surface area (TPSA) is 59.6 Å². The fraction of sp³-hybridized carbons (Fsp3) is 0.667. The van der Waals surface area contributed by atoms with E-state index in [1.807, 2.05) is 6.07 Å². The Morgan fingerprint density at radius 3 is 2.50 bits per heavy atom. The smallest absolute Gasteiger partial charge is 0.242 e. The number of hydrogen-bond donors (Lipinski definition) is 1. The SMILES string of the molecule is CCCn1c(C[NH+](C)C2CCC(C)CC2)nc2cc(S(=O)(=O)N(C)C)ccc21. The third-order valence-electron chi connectivity index (χ3n) is 6.17. The maximum absolute atomic E-state index is 12.5. The van der Waals surface area contributed by atoms with Gasteiger partial charge in [0, 0.05) is 20.6 Å². The van der Waals surface area contributed by atoms with Gasteiger partial charge in [-0.2, -0.15) is 0 Å². The Kier molecular flexibility index (Phi) is 6.47. The predicted molar refractivity (Wildman–Crippen MR) is 113 cm³/mol. The lowest BCUT2D eigenvalue weighted by molar-refractivity contribution is -0.921. The summed E-state index contributed by atoms with van der Waals surface area (Å²) in [4.78, 5) is 6.69. The van der Waals surface area contributed by atoms with Gasteiger partial charge in [-0.05, 0) is 56.2 Å². The van der Waals surface area contributed by atoms with Gasteiger partial charge in [-0.1, -0.05) is 13.8 Å². The Morgan fingerprint density at radius 2 is 1.89 bits per heavy atom. The molecule has 1 aliphatic carbocycles. The van der Waals surface area contributed by atoms with E-state index >= 15 is 0 Å². The van der Waals surface area contributed by atoms with Crippen molar-refractivity contribution in [1.29, 1.82) is 0 Å². The zero-order valence-corrected chi connectivity index (χ0v) is 18.7. The van der Waals surface area contributed by atoms with Crippen LogP contribution in [0.25, 0.3) is 11.0 Å². The van der Waals surface area contributed by atoms with Gasteiger partial charge in [0.15, 0.2) is 5.82 Å². The third-order valence-corrected chi connectivity index (χ3v) is 7.99. The van der Waals surface area contributed by atoms with E-state index in [1.54, 1.807) is 26.2 Å². The zero-order chi connectivity index (χ0) is 20.5. The summed E-state index contributed by atoms with van der Waals surface area (Å²) in [5.41, 5.74) is 1.80. The highest BCUT2D eigenvalue weighted by atomic mass is 32.2. The van der Waals surface area contributed by atoms with Gasteiger partial charge >= 0.3 is 0 Å². The molecule has 1 fully saturated rings. The number of rotatable bonds is 7. The van der Waals surface area contributed by atoms with E-state index in [1.165, 1.54) is 34.9 Å². The molecule has 0 spiro atoms. The highest BCUT2D eigenvalue weighted by Gasteiger charge is 2.26. The largest absolute Gasteiger partial charge is 0.329 e. The van der Waals surface area contributed by atoms with Crippen molar-refractivity contribution in [2.24, 2.45) is 5.92 Å². The number of nitrogens with one attached hydrogen (secondary N) is 1. The summed E-state index contributed by atoms with van der Waals surface area (Å²) in [7, 11) is 1.94. The highest BCUT2D eigenvalue weighted by molar-refractivity contribution is 7.89. The van der Waals surface area contributed by atoms with E-state index < -0.39 is 10.0 Å². The number of imidazole rings is 1. The number of nitrogens with zero attached hydrogens (tertiary/aromatic N) is 3. The van der Waals surface area contributed by atoms with Gasteiger partial charge in [-0.25, -0.2) is 17.7 Å². The van der Waals surface area contributed by atoms with Crippen molar-refractivity contribution >= 4 is 21.1 Å². The molecule has 7 heteroatoms. The molecule has 156 valence electrons. The van der Waals surface area contributed by atoms with Gasteiger partial charge in [0.05, 0.1) is 29.0 Å². The lowest BCUT2D eigenvalue weighted by Gasteiger charge is -2.30. The number of sulfonamides is 1. The summed E-state index contributed by atoms with van der Waals surface area (Å²) in [5, 5.41) is 0. The summed E-state index contributed by atoms with van der Waals surface area (Å²) >= 11 is 0. The number of hydrogen-bond acceptors (Lipinski definition) is 3. The molecule has 1 aliphatic rings. The maximum atomic E-state index is 12.5. The normalized spacial score (nSPS) is 22.1. The van der Waals surface area contributed by atoms with Crippen LogP contribution in [-0.4, -0.2) is 49.5 Å². The van der Waals surface area contributed by atoms with Crippen LogP contribution in [-0.2, 0) is 23.1 Å². The molecule has 0 radical (unpaired) electrons. The molecule has 1 saturated carbocycles. The molecule has 1 heterocycles. The van der Waals surface area contributed by atoms with E-state index in [4.69, 9.17) is 4.98 Å². The van der Waals surface area contributed by atoms with E-state index in [9.17, 15) is 8.42 Å². The molecule has 0 bridgehead atoms. The summed E-state index contributed by atoms with van der Waals surface area (Å²) < 4.78 is 28.5. The molecule has 0 aliphatic heterocycles. The molecule has 0 amide bonds. The Bertz CT molecular complexity index is 912. The van der Waals surface area contributed by atoms with Gasteiger partial charge in [-0.15, -0.1) is 0 Å². The molecule has 2 aromatic rings. The number of quaternary nitrogens is 1. The second-order valence-electron chi connectivity index (χ2n) is 8.60. The van der Waals surface area contributed by atoms with Gasteiger partial charge in [0.25, 0.3) is 0 Å². The molecule has 1 aromatic carbocycles. The van der Waals surface area contributed by atoms with Gasteiger partial charge < -0.3 is 9.47 Å². The Labute approximate surface area is 169 Å². The van der Waals surface area contributed by atoms with Crippen molar-refractivity contribution in [3.8, 4) is 0 Å². The minimum atomic E-state index is -3.45. The molecule has 1 N–H and O–H groups in total. The maximum Gasteiger partial charge on any atom is 0.242 e. The van der Waals surface area contributed by atoms with Crippen LogP contribution in [0.5, 0.6) is 0 Å². The average Bonchev–Trinajstić information content (AvgIpc) is 2.99. The summed E-state index contributed by atoms with van der Waals surface area (Å²) in [6, 6.07) is 6.03. The van der Waals surface area contributed by atoms with Crippen molar-refractivity contribution in [2.75, 3.05) is 21.1 Å². The molecular weight excluding hydrogens is 372 g/mol. The van der Waals surface area contributed by atoms with Crippen molar-refractivity contribution in [3.05, 3.63) is 24.0 Å².